The lowest BCUT2D eigenvalue weighted by molar-refractivity contribution is -0.115. The molecule has 0 bridgehead atoms. The number of aliphatic hydroxyl groups excluding tert-OH is 2. The van der Waals surface area contributed by atoms with Gasteiger partial charge < -0.3 is 30.1 Å². The lowest BCUT2D eigenvalue weighted by Gasteiger charge is -2.17. The number of fused-ring (bicyclic) bond motifs is 1. The fraction of sp³-hybridized carbons (Fsp3) is 0.667. The summed E-state index contributed by atoms with van der Waals surface area (Å²) in [5.41, 5.74) is 0.0198. The van der Waals surface area contributed by atoms with Gasteiger partial charge in [0.2, 0.25) is 0 Å². The number of halogens is 3. The summed E-state index contributed by atoms with van der Waals surface area (Å²) in [5, 5.41) is 22.9. The van der Waals surface area contributed by atoms with Crippen LogP contribution in [0.3, 0.4) is 0 Å². The molecule has 3 heterocycles. The molecule has 5 N–H and O–H groups in total. The summed E-state index contributed by atoms with van der Waals surface area (Å²) in [4.78, 5) is 30.1. The summed E-state index contributed by atoms with van der Waals surface area (Å²) in [6.45, 7) is -0.161. The van der Waals surface area contributed by atoms with Crippen molar-refractivity contribution in [1.82, 2.24) is 19.5 Å². The summed E-state index contributed by atoms with van der Waals surface area (Å²) < 4.78 is 60.1. The Hall–Kier alpha value is -1.52. The molecule has 2 aromatic rings. The molecule has 1 fully saturated rings. The summed E-state index contributed by atoms with van der Waals surface area (Å²) in [6.07, 6.45) is -8.31. The van der Waals surface area contributed by atoms with Crippen molar-refractivity contribution in [1.29, 1.82) is 0 Å². The maximum absolute atomic E-state index is 12.7. The van der Waals surface area contributed by atoms with Crippen molar-refractivity contribution in [2.45, 2.75) is 49.2 Å². The number of phosphoric acid groups is 1. The van der Waals surface area contributed by atoms with E-state index in [9.17, 15) is 27.9 Å². The average Bonchev–Trinajstić information content (AvgIpc) is 3.23. The van der Waals surface area contributed by atoms with E-state index >= 15 is 0 Å². The predicted molar refractivity (Wildman–Crippen MR) is 105 cm³/mol. The van der Waals surface area contributed by atoms with E-state index in [2.05, 4.69) is 24.8 Å². The number of aromatic nitrogens is 4. The Bertz CT molecular complexity index is 990. The van der Waals surface area contributed by atoms with E-state index in [1.54, 1.807) is 0 Å². The third-order valence-electron chi connectivity index (χ3n) is 4.31. The van der Waals surface area contributed by atoms with Crippen LogP contribution in [0.2, 0.25) is 0 Å². The number of hydrogen-bond donors (Lipinski definition) is 5. The van der Waals surface area contributed by atoms with Crippen molar-refractivity contribution in [3.63, 3.8) is 0 Å². The molecule has 17 heteroatoms. The first-order valence-electron chi connectivity index (χ1n) is 9.29. The quantitative estimate of drug-likeness (QED) is 0.187. The second kappa shape index (κ2) is 9.77. The highest BCUT2D eigenvalue weighted by Gasteiger charge is 2.45. The Labute approximate surface area is 183 Å². The van der Waals surface area contributed by atoms with Gasteiger partial charge in [-0.1, -0.05) is 18.7 Å². The lowest BCUT2D eigenvalue weighted by Crippen LogP contribution is -2.33. The van der Waals surface area contributed by atoms with E-state index in [1.807, 2.05) is 6.92 Å². The zero-order chi connectivity index (χ0) is 23.7. The molecule has 1 aliphatic heterocycles. The van der Waals surface area contributed by atoms with Gasteiger partial charge in [-0.3, -0.25) is 9.09 Å². The number of phosphoric ester groups is 1. The van der Waals surface area contributed by atoms with Crippen molar-refractivity contribution >= 4 is 36.6 Å². The Morgan fingerprint density at radius 2 is 2.03 bits per heavy atom. The van der Waals surface area contributed by atoms with Crippen LogP contribution < -0.4 is 5.32 Å². The fourth-order valence-corrected chi connectivity index (χ4v) is 3.95. The fourth-order valence-electron chi connectivity index (χ4n) is 2.92. The third kappa shape index (κ3) is 6.08. The van der Waals surface area contributed by atoms with Gasteiger partial charge in [0, 0.05) is 5.75 Å². The molecule has 1 aliphatic rings. The van der Waals surface area contributed by atoms with E-state index < -0.39 is 51.7 Å². The summed E-state index contributed by atoms with van der Waals surface area (Å²) in [5.74, 6) is 0.431. The van der Waals surface area contributed by atoms with Gasteiger partial charge in [-0.2, -0.15) is 13.2 Å². The van der Waals surface area contributed by atoms with Crippen LogP contribution >= 0.6 is 19.6 Å². The molecule has 0 spiro atoms. The van der Waals surface area contributed by atoms with Crippen molar-refractivity contribution < 1.29 is 47.0 Å². The Morgan fingerprint density at radius 1 is 1.31 bits per heavy atom. The first kappa shape index (κ1) is 25.1. The molecule has 12 nitrogen and oxygen atoms in total. The van der Waals surface area contributed by atoms with Gasteiger partial charge in [0.05, 0.1) is 12.9 Å². The van der Waals surface area contributed by atoms with Crippen molar-refractivity contribution in [3.05, 3.63) is 6.33 Å². The minimum atomic E-state index is -4.84. The molecule has 4 atom stereocenters. The number of imidazole rings is 1. The second-order valence-electron chi connectivity index (χ2n) is 6.83. The van der Waals surface area contributed by atoms with Crippen LogP contribution in [0.4, 0.5) is 19.0 Å². The molecule has 0 aliphatic carbocycles. The number of alkyl halides is 3. The van der Waals surface area contributed by atoms with Gasteiger partial charge in [0.1, 0.15) is 24.9 Å². The van der Waals surface area contributed by atoms with Crippen LogP contribution in [0.1, 0.15) is 19.6 Å². The molecule has 3 rings (SSSR count). The van der Waals surface area contributed by atoms with Gasteiger partial charge in [-0.15, -0.1) is 0 Å². The third-order valence-corrected chi connectivity index (χ3v) is 5.85. The van der Waals surface area contributed by atoms with Gasteiger partial charge in [0.15, 0.2) is 28.4 Å². The molecular weight excluding hydrogens is 482 g/mol. The average molecular weight is 503 g/mol. The normalized spacial score (nSPS) is 24.4. The molecule has 180 valence electrons. The number of thioether (sulfide) groups is 1. The van der Waals surface area contributed by atoms with Crippen LogP contribution in [-0.4, -0.2) is 82.9 Å². The maximum atomic E-state index is 12.7. The van der Waals surface area contributed by atoms with Gasteiger partial charge in [-0.25, -0.2) is 19.5 Å². The Kier molecular flexibility index (Phi) is 7.66. The van der Waals surface area contributed by atoms with Crippen LogP contribution in [-0.2, 0) is 13.8 Å². The smallest absolute Gasteiger partial charge is 0.387 e. The van der Waals surface area contributed by atoms with Gasteiger partial charge in [-0.05, 0) is 6.42 Å². The van der Waals surface area contributed by atoms with E-state index in [0.717, 1.165) is 12.7 Å². The van der Waals surface area contributed by atoms with E-state index in [0.29, 0.717) is 5.75 Å². The lowest BCUT2D eigenvalue weighted by atomic mass is 10.1. The minimum Gasteiger partial charge on any atom is -0.387 e. The Balaban J connectivity index is 1.93. The summed E-state index contributed by atoms with van der Waals surface area (Å²) in [7, 11) is -4.84. The zero-order valence-electron chi connectivity index (χ0n) is 16.5. The largest absolute Gasteiger partial charge is 0.469 e. The number of nitrogens with zero attached hydrogens (tertiary/aromatic N) is 4. The van der Waals surface area contributed by atoms with Crippen LogP contribution in [0.15, 0.2) is 11.5 Å². The highest BCUT2D eigenvalue weighted by molar-refractivity contribution is 7.99. The molecule has 0 amide bonds. The van der Waals surface area contributed by atoms with Crippen LogP contribution in [0.25, 0.3) is 11.2 Å². The standard InChI is InChI=1S/C15H21F3N5O7PS/c1-2-3-32-14-21-11(19-5-15(16,17)18)8-12(22-14)23(6-20-8)13-10(25)9(24)7(30-13)4-29-31(26,27)28/h6-7,9-10,13,24-25H,2-5H2,1H3,(H,19,21,22)(H2,26,27,28)/t7-,9-,10-,13-/m1/s1. The van der Waals surface area contributed by atoms with Gasteiger partial charge >= 0.3 is 14.0 Å². The molecule has 2 aromatic heterocycles. The van der Waals surface area contributed by atoms with E-state index in [4.69, 9.17) is 14.5 Å². The minimum absolute atomic E-state index is 0.0182. The number of hydrogen-bond acceptors (Lipinski definition) is 10. The number of ether oxygens (including phenoxy) is 1. The maximum Gasteiger partial charge on any atom is 0.469 e. The summed E-state index contributed by atoms with van der Waals surface area (Å²) >= 11 is 1.21. The molecular formula is C15H21F3N5O7PS. The second-order valence-corrected chi connectivity index (χ2v) is 9.13. The highest BCUT2D eigenvalue weighted by atomic mass is 32.2. The molecule has 32 heavy (non-hydrogen) atoms. The predicted octanol–water partition coefficient (Wildman–Crippen LogP) is 1.03. The zero-order valence-corrected chi connectivity index (χ0v) is 18.2. The first-order chi connectivity index (χ1) is 14.9. The molecule has 0 saturated carbocycles. The number of rotatable bonds is 9. The van der Waals surface area contributed by atoms with Crippen molar-refractivity contribution in [2.24, 2.45) is 0 Å². The first-order valence-corrected chi connectivity index (χ1v) is 11.8. The van der Waals surface area contributed by atoms with Crippen LogP contribution in [0.5, 0.6) is 0 Å². The van der Waals surface area contributed by atoms with E-state index in [1.165, 1.54) is 16.3 Å². The summed E-state index contributed by atoms with van der Waals surface area (Å²) in [6, 6.07) is 0. The van der Waals surface area contributed by atoms with Gasteiger partial charge in [0.25, 0.3) is 0 Å². The van der Waals surface area contributed by atoms with Crippen molar-refractivity contribution in [2.75, 3.05) is 24.2 Å². The van der Waals surface area contributed by atoms with E-state index in [-0.39, 0.29) is 22.1 Å². The number of anilines is 1. The molecule has 0 unspecified atom stereocenters. The molecule has 0 aromatic carbocycles. The molecule has 0 radical (unpaired) electrons. The Morgan fingerprint density at radius 3 is 2.66 bits per heavy atom. The van der Waals surface area contributed by atoms with Crippen molar-refractivity contribution in [3.8, 4) is 0 Å². The SMILES string of the molecule is CCCSc1nc(NCC(F)(F)F)c2ncn([C@@H]3O[C@H](COP(=O)(O)O)[C@@H](O)[C@H]3O)c2n1. The number of nitrogens with one attached hydrogen (secondary N) is 1. The monoisotopic (exact) mass is 503 g/mol. The number of aliphatic hydroxyl groups is 2. The topological polar surface area (TPSA) is 172 Å². The highest BCUT2D eigenvalue weighted by Crippen LogP contribution is 2.39. The van der Waals surface area contributed by atoms with Crippen LogP contribution in [0, 0.1) is 0 Å². The molecule has 1 saturated heterocycles.